The number of aliphatic hydroxyl groups is 2. The molecule has 20 heavy (non-hydrogen) atoms. The van der Waals surface area contributed by atoms with Gasteiger partial charge < -0.3 is 20.0 Å². The Morgan fingerprint density at radius 3 is 1.20 bits per heavy atom. The number of likely N-dealkylation sites (N-methyl/N-ethyl adjacent to an activating group) is 2. The monoisotopic (exact) mass is 288 g/mol. The van der Waals surface area contributed by atoms with Crippen molar-refractivity contribution in [2.45, 2.75) is 51.4 Å². The summed E-state index contributed by atoms with van der Waals surface area (Å²) >= 11 is 0. The number of unbranched alkanes of at least 4 members (excludes halogenated alkanes) is 6. The molecule has 0 saturated heterocycles. The molecule has 0 unspecified atom stereocenters. The fourth-order valence-corrected chi connectivity index (χ4v) is 2.26. The lowest BCUT2D eigenvalue weighted by Crippen LogP contribution is -2.32. The first-order chi connectivity index (χ1) is 9.70. The molecule has 0 atom stereocenters. The van der Waals surface area contributed by atoms with E-state index in [1.807, 2.05) is 0 Å². The summed E-state index contributed by atoms with van der Waals surface area (Å²) < 4.78 is 0. The summed E-state index contributed by atoms with van der Waals surface area (Å²) in [5.41, 5.74) is 0. The van der Waals surface area contributed by atoms with Crippen molar-refractivity contribution in [1.29, 1.82) is 0 Å². The van der Waals surface area contributed by atoms with Crippen LogP contribution >= 0.6 is 0 Å². The highest BCUT2D eigenvalue weighted by atomic mass is 16.3. The van der Waals surface area contributed by atoms with E-state index in [0.29, 0.717) is 13.2 Å². The Hall–Kier alpha value is -0.160. The van der Waals surface area contributed by atoms with Crippen LogP contribution in [0.3, 0.4) is 0 Å². The molecule has 0 aliphatic rings. The lowest BCUT2D eigenvalue weighted by Gasteiger charge is -2.22. The minimum Gasteiger partial charge on any atom is -0.396 e. The minimum atomic E-state index is 0.332. The van der Waals surface area contributed by atoms with Crippen molar-refractivity contribution in [1.82, 2.24) is 9.80 Å². The van der Waals surface area contributed by atoms with Gasteiger partial charge in [-0.3, -0.25) is 0 Å². The van der Waals surface area contributed by atoms with Gasteiger partial charge in [-0.1, -0.05) is 25.7 Å². The Kier molecular flexibility index (Phi) is 15.1. The fourth-order valence-electron chi connectivity index (χ4n) is 2.26. The smallest absolute Gasteiger partial charge is 0.0431 e. The average molecular weight is 288 g/mol. The van der Waals surface area contributed by atoms with Gasteiger partial charge in [0.15, 0.2) is 0 Å². The first-order valence-electron chi connectivity index (χ1n) is 8.29. The van der Waals surface area contributed by atoms with E-state index < -0.39 is 0 Å². The Bertz CT molecular complexity index is 171. The lowest BCUT2D eigenvalue weighted by molar-refractivity contribution is 0.245. The van der Waals surface area contributed by atoms with Gasteiger partial charge in [0.1, 0.15) is 0 Å². The molecule has 0 saturated carbocycles. The molecule has 4 nitrogen and oxygen atoms in total. The van der Waals surface area contributed by atoms with Gasteiger partial charge >= 0.3 is 0 Å². The van der Waals surface area contributed by atoms with Crippen molar-refractivity contribution in [3.8, 4) is 0 Å². The zero-order valence-electron chi connectivity index (χ0n) is 13.7. The summed E-state index contributed by atoms with van der Waals surface area (Å²) in [6.45, 7) is 5.25. The van der Waals surface area contributed by atoms with Gasteiger partial charge in [-0.2, -0.15) is 0 Å². The van der Waals surface area contributed by atoms with Gasteiger partial charge in [-0.15, -0.1) is 0 Å². The molecule has 0 heterocycles. The summed E-state index contributed by atoms with van der Waals surface area (Å²) in [5, 5.41) is 17.4. The summed E-state index contributed by atoms with van der Waals surface area (Å²) in [6, 6.07) is 0. The molecular formula is C16H36N2O2. The van der Waals surface area contributed by atoms with Crippen LogP contribution in [-0.2, 0) is 0 Å². The molecule has 0 fully saturated rings. The summed E-state index contributed by atoms with van der Waals surface area (Å²) in [7, 11) is 4.39. The van der Waals surface area contributed by atoms with E-state index in [0.717, 1.165) is 51.9 Å². The standard InChI is InChI=1S/C16H36N2O2/c1-17(11-7-3-5-9-15-19)13-14-18(2)12-8-4-6-10-16-20/h19-20H,3-16H2,1-2H3. The van der Waals surface area contributed by atoms with Crippen LogP contribution in [0.4, 0.5) is 0 Å². The topological polar surface area (TPSA) is 46.9 Å². The maximum atomic E-state index is 8.71. The van der Waals surface area contributed by atoms with Crippen molar-refractivity contribution in [3.05, 3.63) is 0 Å². The van der Waals surface area contributed by atoms with E-state index in [1.165, 1.54) is 25.7 Å². The van der Waals surface area contributed by atoms with E-state index in [-0.39, 0.29) is 0 Å². The van der Waals surface area contributed by atoms with Crippen molar-refractivity contribution in [3.63, 3.8) is 0 Å². The summed E-state index contributed by atoms with van der Waals surface area (Å²) in [5.74, 6) is 0. The van der Waals surface area contributed by atoms with Crippen LogP contribution in [0, 0.1) is 0 Å². The van der Waals surface area contributed by atoms with Crippen molar-refractivity contribution >= 4 is 0 Å². The Morgan fingerprint density at radius 2 is 0.850 bits per heavy atom. The third-order valence-electron chi connectivity index (χ3n) is 3.76. The first-order valence-corrected chi connectivity index (χ1v) is 8.29. The molecule has 0 amide bonds. The molecule has 4 heteroatoms. The summed E-state index contributed by atoms with van der Waals surface area (Å²) in [6.07, 6.45) is 9.13. The quantitative estimate of drug-likeness (QED) is 0.452. The molecule has 0 rings (SSSR count). The van der Waals surface area contributed by atoms with Crippen LogP contribution in [0.5, 0.6) is 0 Å². The van der Waals surface area contributed by atoms with Gasteiger partial charge in [0.25, 0.3) is 0 Å². The molecule has 0 aromatic heterocycles. The highest BCUT2D eigenvalue weighted by Crippen LogP contribution is 2.02. The van der Waals surface area contributed by atoms with Crippen LogP contribution in [0.25, 0.3) is 0 Å². The van der Waals surface area contributed by atoms with Crippen LogP contribution in [0.1, 0.15) is 51.4 Å². The van der Waals surface area contributed by atoms with E-state index in [9.17, 15) is 0 Å². The molecule has 0 bridgehead atoms. The highest BCUT2D eigenvalue weighted by molar-refractivity contribution is 4.58. The number of nitrogens with zero attached hydrogens (tertiary/aromatic N) is 2. The first kappa shape index (κ1) is 19.8. The second kappa shape index (κ2) is 15.2. The van der Waals surface area contributed by atoms with Crippen LogP contribution in [0.15, 0.2) is 0 Å². The van der Waals surface area contributed by atoms with Crippen LogP contribution < -0.4 is 0 Å². The third-order valence-corrected chi connectivity index (χ3v) is 3.76. The molecule has 0 radical (unpaired) electrons. The van der Waals surface area contributed by atoms with Crippen molar-refractivity contribution < 1.29 is 10.2 Å². The normalized spacial score (nSPS) is 11.7. The van der Waals surface area contributed by atoms with Crippen LogP contribution in [-0.4, -0.2) is 73.5 Å². The van der Waals surface area contributed by atoms with Crippen molar-refractivity contribution in [2.24, 2.45) is 0 Å². The Balaban J connectivity index is 3.32. The minimum absolute atomic E-state index is 0.332. The van der Waals surface area contributed by atoms with Gasteiger partial charge in [0.2, 0.25) is 0 Å². The lowest BCUT2D eigenvalue weighted by atomic mass is 10.2. The van der Waals surface area contributed by atoms with Gasteiger partial charge in [-0.05, 0) is 52.9 Å². The van der Waals surface area contributed by atoms with E-state index in [2.05, 4.69) is 23.9 Å². The highest BCUT2D eigenvalue weighted by Gasteiger charge is 2.02. The molecule has 0 aliphatic carbocycles. The second-order valence-electron chi connectivity index (χ2n) is 5.88. The zero-order chi connectivity index (χ0) is 15.1. The molecular weight excluding hydrogens is 252 g/mol. The number of hydrogen-bond acceptors (Lipinski definition) is 4. The molecule has 0 spiro atoms. The van der Waals surface area contributed by atoms with Gasteiger partial charge in [0.05, 0.1) is 0 Å². The Morgan fingerprint density at radius 1 is 0.500 bits per heavy atom. The third kappa shape index (κ3) is 14.3. The second-order valence-corrected chi connectivity index (χ2v) is 5.88. The summed E-state index contributed by atoms with van der Waals surface area (Å²) in [4.78, 5) is 4.81. The molecule has 0 aliphatic heterocycles. The molecule has 0 aromatic rings. The predicted molar refractivity (Wildman–Crippen MR) is 86.1 cm³/mol. The predicted octanol–water partition coefficient (Wildman–Crippen LogP) is 1.96. The van der Waals surface area contributed by atoms with Gasteiger partial charge in [0, 0.05) is 26.3 Å². The van der Waals surface area contributed by atoms with E-state index in [1.54, 1.807) is 0 Å². The zero-order valence-corrected chi connectivity index (χ0v) is 13.7. The van der Waals surface area contributed by atoms with E-state index >= 15 is 0 Å². The average Bonchev–Trinajstić information content (AvgIpc) is 2.44. The number of aliphatic hydroxyl groups excluding tert-OH is 2. The number of hydrogen-bond donors (Lipinski definition) is 2. The molecule has 122 valence electrons. The maximum absolute atomic E-state index is 8.71. The van der Waals surface area contributed by atoms with Gasteiger partial charge in [-0.25, -0.2) is 0 Å². The SMILES string of the molecule is CN(CCCCCCO)CCN(C)CCCCCCO. The van der Waals surface area contributed by atoms with E-state index in [4.69, 9.17) is 10.2 Å². The van der Waals surface area contributed by atoms with Crippen molar-refractivity contribution in [2.75, 3.05) is 53.5 Å². The fraction of sp³-hybridized carbons (Fsp3) is 1.00. The van der Waals surface area contributed by atoms with Crippen LogP contribution in [0.2, 0.25) is 0 Å². The Labute approximate surface area is 125 Å². The maximum Gasteiger partial charge on any atom is 0.0431 e. The number of rotatable bonds is 15. The largest absolute Gasteiger partial charge is 0.396 e. The molecule has 0 aromatic carbocycles. The molecule has 2 N–H and O–H groups in total.